The van der Waals surface area contributed by atoms with E-state index < -0.39 is 14.6 Å². The predicted molar refractivity (Wildman–Crippen MR) is 107 cm³/mol. The molecule has 9 heteroatoms. The van der Waals surface area contributed by atoms with Crippen molar-refractivity contribution in [1.29, 1.82) is 0 Å². The van der Waals surface area contributed by atoms with E-state index in [1.807, 2.05) is 24.0 Å². The smallest absolute Gasteiger partial charge is 0.194 e. The lowest BCUT2D eigenvalue weighted by atomic mass is 10.2. The highest BCUT2D eigenvalue weighted by Gasteiger charge is 2.40. The Labute approximate surface area is 165 Å². The number of halogens is 1. The minimum atomic E-state index is -3.10. The van der Waals surface area contributed by atoms with E-state index in [4.69, 9.17) is 26.1 Å². The lowest BCUT2D eigenvalue weighted by Gasteiger charge is -2.39. The number of nitrogens with zero attached hydrogens (tertiary/aromatic N) is 2. The first kappa shape index (κ1) is 20.1. The summed E-state index contributed by atoms with van der Waals surface area (Å²) in [6, 6.07) is 3.71. The maximum absolute atomic E-state index is 12.3. The summed E-state index contributed by atoms with van der Waals surface area (Å²) in [5.74, 6) is 2.03. The van der Waals surface area contributed by atoms with Crippen LogP contribution in [-0.4, -0.2) is 62.6 Å². The van der Waals surface area contributed by atoms with E-state index in [9.17, 15) is 8.42 Å². The Hall–Kier alpha value is -1.67. The number of sulfone groups is 1. The highest BCUT2D eigenvalue weighted by Crippen LogP contribution is 2.38. The monoisotopic (exact) mass is 415 g/mol. The Morgan fingerprint density at radius 1 is 1.33 bits per heavy atom. The summed E-state index contributed by atoms with van der Waals surface area (Å²) >= 11 is 6.30. The number of rotatable bonds is 3. The van der Waals surface area contributed by atoms with Crippen LogP contribution in [0, 0.1) is 0 Å². The average molecular weight is 416 g/mol. The quantitative estimate of drug-likeness (QED) is 0.601. The molecule has 27 heavy (non-hydrogen) atoms. The molecule has 0 radical (unpaired) electrons. The Morgan fingerprint density at radius 3 is 2.78 bits per heavy atom. The SMILES string of the molecule is CCNC(=NCc1cc(Cl)c2c(c1)OCCO2)N1CCS(=O)(=O)C(C)(C)C1. The maximum Gasteiger partial charge on any atom is 0.194 e. The Morgan fingerprint density at radius 2 is 2.07 bits per heavy atom. The number of ether oxygens (including phenoxy) is 2. The summed E-state index contributed by atoms with van der Waals surface area (Å²) in [6.45, 7) is 8.44. The predicted octanol–water partition coefficient (Wildman–Crippen LogP) is 2.09. The van der Waals surface area contributed by atoms with E-state index in [1.165, 1.54) is 0 Å². The van der Waals surface area contributed by atoms with Crippen LogP contribution in [-0.2, 0) is 16.4 Å². The summed E-state index contributed by atoms with van der Waals surface area (Å²) in [6.07, 6.45) is 0. The highest BCUT2D eigenvalue weighted by molar-refractivity contribution is 7.92. The van der Waals surface area contributed by atoms with E-state index in [2.05, 4.69) is 5.32 Å². The zero-order valence-corrected chi connectivity index (χ0v) is 17.5. The van der Waals surface area contributed by atoms with E-state index >= 15 is 0 Å². The molecule has 1 aromatic rings. The second-order valence-electron chi connectivity index (χ2n) is 7.27. The van der Waals surface area contributed by atoms with E-state index in [0.29, 0.717) is 61.9 Å². The highest BCUT2D eigenvalue weighted by atomic mass is 35.5. The van der Waals surface area contributed by atoms with Crippen molar-refractivity contribution < 1.29 is 17.9 Å². The number of fused-ring (bicyclic) bond motifs is 1. The molecule has 1 N–H and O–H groups in total. The third kappa shape index (κ3) is 4.27. The van der Waals surface area contributed by atoms with Crippen molar-refractivity contribution in [3.8, 4) is 11.5 Å². The van der Waals surface area contributed by atoms with Crippen LogP contribution in [0.1, 0.15) is 26.3 Å². The van der Waals surface area contributed by atoms with Crippen molar-refractivity contribution in [2.45, 2.75) is 32.1 Å². The van der Waals surface area contributed by atoms with Gasteiger partial charge in [0.2, 0.25) is 0 Å². The topological polar surface area (TPSA) is 80.2 Å². The Kier molecular flexibility index (Phi) is 5.76. The summed E-state index contributed by atoms with van der Waals surface area (Å²) < 4.78 is 34.9. The fraction of sp³-hybridized carbons (Fsp3) is 0.611. The van der Waals surface area contributed by atoms with Gasteiger partial charge in [0.1, 0.15) is 13.2 Å². The van der Waals surface area contributed by atoms with Gasteiger partial charge >= 0.3 is 0 Å². The van der Waals surface area contributed by atoms with Crippen molar-refractivity contribution in [3.05, 3.63) is 22.7 Å². The van der Waals surface area contributed by atoms with Crippen LogP contribution in [0.25, 0.3) is 0 Å². The molecular weight excluding hydrogens is 390 g/mol. The maximum atomic E-state index is 12.3. The van der Waals surface area contributed by atoms with E-state index in [0.717, 1.165) is 5.56 Å². The van der Waals surface area contributed by atoms with Crippen LogP contribution < -0.4 is 14.8 Å². The lowest BCUT2D eigenvalue weighted by Crippen LogP contribution is -2.57. The van der Waals surface area contributed by atoms with Gasteiger partial charge in [0.05, 0.1) is 22.1 Å². The van der Waals surface area contributed by atoms with Gasteiger partial charge in [-0.2, -0.15) is 0 Å². The van der Waals surface area contributed by atoms with Crippen LogP contribution >= 0.6 is 11.6 Å². The molecule has 0 unspecified atom stereocenters. The van der Waals surface area contributed by atoms with Crippen LogP contribution in [0.4, 0.5) is 0 Å². The van der Waals surface area contributed by atoms with Crippen molar-refractivity contribution in [3.63, 3.8) is 0 Å². The molecular formula is C18H26ClN3O4S. The molecule has 0 aromatic heterocycles. The van der Waals surface area contributed by atoms with Crippen LogP contribution in [0.2, 0.25) is 5.02 Å². The van der Waals surface area contributed by atoms with Crippen molar-refractivity contribution in [1.82, 2.24) is 10.2 Å². The molecule has 1 aromatic carbocycles. The molecule has 0 saturated carbocycles. The zero-order chi connectivity index (χ0) is 19.7. The normalized spacial score (nSPS) is 21.0. The van der Waals surface area contributed by atoms with Gasteiger partial charge in [-0.1, -0.05) is 11.6 Å². The first-order chi connectivity index (χ1) is 12.7. The molecule has 0 spiro atoms. The number of hydrogen-bond acceptors (Lipinski definition) is 5. The Balaban J connectivity index is 1.80. The summed E-state index contributed by atoms with van der Waals surface area (Å²) in [5.41, 5.74) is 0.906. The van der Waals surface area contributed by atoms with Crippen LogP contribution in [0.3, 0.4) is 0 Å². The molecule has 2 aliphatic heterocycles. The van der Waals surface area contributed by atoms with Crippen LogP contribution in [0.15, 0.2) is 17.1 Å². The number of nitrogens with one attached hydrogen (secondary N) is 1. The number of guanidine groups is 1. The molecule has 0 atom stereocenters. The minimum absolute atomic E-state index is 0.125. The Bertz CT molecular complexity index is 839. The fourth-order valence-corrected chi connectivity index (χ4v) is 4.83. The first-order valence-electron chi connectivity index (χ1n) is 9.07. The molecule has 3 rings (SSSR count). The molecule has 2 aliphatic rings. The summed E-state index contributed by atoms with van der Waals surface area (Å²) in [5, 5.41) is 3.76. The molecule has 1 saturated heterocycles. The molecule has 0 aliphatic carbocycles. The molecule has 7 nitrogen and oxygen atoms in total. The van der Waals surface area contributed by atoms with Gasteiger partial charge < -0.3 is 19.7 Å². The third-order valence-corrected chi connectivity index (χ3v) is 7.56. The minimum Gasteiger partial charge on any atom is -0.486 e. The van der Waals surface area contributed by atoms with Gasteiger partial charge in [0.25, 0.3) is 0 Å². The van der Waals surface area contributed by atoms with Crippen molar-refractivity contribution in [2.75, 3.05) is 38.6 Å². The molecule has 2 heterocycles. The third-order valence-electron chi connectivity index (χ3n) is 4.75. The molecule has 1 fully saturated rings. The van der Waals surface area contributed by atoms with Gasteiger partial charge in [-0.25, -0.2) is 13.4 Å². The van der Waals surface area contributed by atoms with Gasteiger partial charge in [-0.05, 0) is 38.5 Å². The molecule has 150 valence electrons. The van der Waals surface area contributed by atoms with Gasteiger partial charge in [0, 0.05) is 19.6 Å². The van der Waals surface area contributed by atoms with E-state index in [-0.39, 0.29) is 5.75 Å². The first-order valence-corrected chi connectivity index (χ1v) is 11.1. The van der Waals surface area contributed by atoms with E-state index in [1.54, 1.807) is 13.8 Å². The second-order valence-corrected chi connectivity index (χ2v) is 10.4. The van der Waals surface area contributed by atoms with Crippen LogP contribution in [0.5, 0.6) is 11.5 Å². The number of benzene rings is 1. The van der Waals surface area contributed by atoms with Gasteiger partial charge in [-0.3, -0.25) is 0 Å². The lowest BCUT2D eigenvalue weighted by molar-refractivity contribution is 0.171. The standard InChI is InChI=1S/C18H26ClN3O4S/c1-4-20-17(22-5-8-27(23,24)18(2,3)12-22)21-11-13-9-14(19)16-15(10-13)25-6-7-26-16/h9-10H,4-8,11-12H2,1-3H3,(H,20,21). The second kappa shape index (κ2) is 7.75. The summed E-state index contributed by atoms with van der Waals surface area (Å²) in [4.78, 5) is 6.70. The zero-order valence-electron chi connectivity index (χ0n) is 15.9. The van der Waals surface area contributed by atoms with Crippen molar-refractivity contribution >= 4 is 27.4 Å². The number of aliphatic imine (C=N–C) groups is 1. The van der Waals surface area contributed by atoms with Gasteiger partial charge in [0.15, 0.2) is 27.3 Å². The van der Waals surface area contributed by atoms with Crippen molar-refractivity contribution in [2.24, 2.45) is 4.99 Å². The number of hydrogen-bond donors (Lipinski definition) is 1. The largest absolute Gasteiger partial charge is 0.486 e. The van der Waals surface area contributed by atoms with Gasteiger partial charge in [-0.15, -0.1) is 0 Å². The average Bonchev–Trinajstić information content (AvgIpc) is 2.61. The fourth-order valence-electron chi connectivity index (χ4n) is 3.17. The summed E-state index contributed by atoms with van der Waals surface area (Å²) in [7, 11) is -3.10. The molecule has 0 amide bonds. The molecule has 0 bridgehead atoms.